The van der Waals surface area contributed by atoms with Crippen LogP contribution in [0.1, 0.15) is 35.3 Å². The fraction of sp³-hybridized carbons (Fsp3) is 0.200. The highest BCUT2D eigenvalue weighted by molar-refractivity contribution is 6.06. The maximum absolute atomic E-state index is 13.3. The molecule has 0 saturated heterocycles. The number of anilines is 1. The number of benzene rings is 3. The number of amides is 2. The minimum absolute atomic E-state index is 0.0405. The van der Waals surface area contributed by atoms with Gasteiger partial charge in [0.1, 0.15) is 5.82 Å². The van der Waals surface area contributed by atoms with Crippen LogP contribution in [0.25, 0.3) is 0 Å². The van der Waals surface area contributed by atoms with E-state index in [1.807, 2.05) is 56.3 Å². The van der Waals surface area contributed by atoms with Crippen LogP contribution in [0.5, 0.6) is 0 Å². The first-order valence-electron chi connectivity index (χ1n) is 9.92. The number of carbonyl (C=O) groups is 2. The molecule has 0 spiro atoms. The summed E-state index contributed by atoms with van der Waals surface area (Å²) >= 11 is 0. The van der Waals surface area contributed by atoms with Gasteiger partial charge >= 0.3 is 0 Å². The lowest BCUT2D eigenvalue weighted by molar-refractivity contribution is -0.120. The summed E-state index contributed by atoms with van der Waals surface area (Å²) in [4.78, 5) is 26.8. The van der Waals surface area contributed by atoms with E-state index in [9.17, 15) is 14.0 Å². The van der Waals surface area contributed by atoms with Crippen molar-refractivity contribution in [1.29, 1.82) is 0 Å². The lowest BCUT2D eigenvalue weighted by Crippen LogP contribution is -2.31. The van der Waals surface area contributed by atoms with Crippen LogP contribution >= 0.6 is 0 Å². The molecular weight excluding hydrogens is 379 g/mol. The molecule has 5 heteroatoms. The first-order valence-corrected chi connectivity index (χ1v) is 9.92. The zero-order valence-corrected chi connectivity index (χ0v) is 17.1. The van der Waals surface area contributed by atoms with Gasteiger partial charge in [-0.25, -0.2) is 4.39 Å². The van der Waals surface area contributed by atoms with Gasteiger partial charge in [-0.15, -0.1) is 0 Å². The van der Waals surface area contributed by atoms with Gasteiger partial charge in [0.05, 0.1) is 13.0 Å². The van der Waals surface area contributed by atoms with Gasteiger partial charge in [-0.1, -0.05) is 42.5 Å². The Morgan fingerprint density at radius 2 is 1.47 bits per heavy atom. The standard InChI is InChI=1S/C25H25FN2O2/c1-18(2)27-24(29)16-19-10-14-23(15-11-19)28(17-20-8-12-22(26)13-9-20)25(30)21-6-4-3-5-7-21/h3-15,18H,16-17H2,1-2H3,(H,27,29). The van der Waals surface area contributed by atoms with Crippen LogP contribution in [-0.2, 0) is 17.8 Å². The third-order valence-electron chi connectivity index (χ3n) is 4.58. The van der Waals surface area contributed by atoms with Crippen LogP contribution in [0.15, 0.2) is 78.9 Å². The summed E-state index contributed by atoms with van der Waals surface area (Å²) in [5.74, 6) is -0.504. The van der Waals surface area contributed by atoms with Crippen molar-refractivity contribution in [3.8, 4) is 0 Å². The first-order chi connectivity index (χ1) is 14.4. The van der Waals surface area contributed by atoms with E-state index >= 15 is 0 Å². The zero-order chi connectivity index (χ0) is 21.5. The molecule has 3 aromatic rings. The quantitative estimate of drug-likeness (QED) is 0.618. The van der Waals surface area contributed by atoms with Gasteiger partial charge in [0.2, 0.25) is 5.91 Å². The van der Waals surface area contributed by atoms with Gasteiger partial charge in [0.25, 0.3) is 5.91 Å². The summed E-state index contributed by atoms with van der Waals surface area (Å²) in [7, 11) is 0. The molecule has 0 heterocycles. The molecule has 0 radical (unpaired) electrons. The molecule has 3 rings (SSSR count). The molecule has 0 aliphatic heterocycles. The number of nitrogens with zero attached hydrogens (tertiary/aromatic N) is 1. The van der Waals surface area contributed by atoms with Crippen molar-refractivity contribution < 1.29 is 14.0 Å². The smallest absolute Gasteiger partial charge is 0.258 e. The minimum atomic E-state index is -0.316. The molecule has 4 nitrogen and oxygen atoms in total. The molecule has 30 heavy (non-hydrogen) atoms. The molecule has 0 aliphatic carbocycles. The van der Waals surface area contributed by atoms with E-state index in [0.717, 1.165) is 11.1 Å². The number of hydrogen-bond donors (Lipinski definition) is 1. The Hall–Kier alpha value is -3.47. The van der Waals surface area contributed by atoms with E-state index in [1.165, 1.54) is 12.1 Å². The van der Waals surface area contributed by atoms with E-state index in [0.29, 0.717) is 17.8 Å². The third kappa shape index (κ3) is 5.77. The van der Waals surface area contributed by atoms with E-state index in [-0.39, 0.29) is 30.1 Å². The lowest BCUT2D eigenvalue weighted by Gasteiger charge is -2.23. The van der Waals surface area contributed by atoms with Crippen molar-refractivity contribution in [2.75, 3.05) is 4.90 Å². The van der Waals surface area contributed by atoms with Crippen LogP contribution in [0.4, 0.5) is 10.1 Å². The van der Waals surface area contributed by atoms with Crippen LogP contribution in [0, 0.1) is 5.82 Å². The van der Waals surface area contributed by atoms with Gasteiger partial charge in [0, 0.05) is 17.3 Å². The Kier molecular flexibility index (Phi) is 6.96. The average molecular weight is 404 g/mol. The summed E-state index contributed by atoms with van der Waals surface area (Å²) in [5, 5.41) is 2.87. The van der Waals surface area contributed by atoms with Gasteiger partial charge in [-0.05, 0) is 61.4 Å². The Morgan fingerprint density at radius 1 is 0.867 bits per heavy atom. The predicted molar refractivity (Wildman–Crippen MR) is 117 cm³/mol. The van der Waals surface area contributed by atoms with E-state index in [1.54, 1.807) is 29.2 Å². The van der Waals surface area contributed by atoms with E-state index in [2.05, 4.69) is 5.32 Å². The fourth-order valence-corrected chi connectivity index (χ4v) is 3.14. The number of halogens is 1. The second-order valence-corrected chi connectivity index (χ2v) is 7.45. The Morgan fingerprint density at radius 3 is 2.07 bits per heavy atom. The van der Waals surface area contributed by atoms with Gasteiger partial charge in [-0.3, -0.25) is 9.59 Å². The molecule has 0 fully saturated rings. The van der Waals surface area contributed by atoms with Crippen molar-refractivity contribution in [1.82, 2.24) is 5.32 Å². The molecule has 1 N–H and O–H groups in total. The van der Waals surface area contributed by atoms with E-state index in [4.69, 9.17) is 0 Å². The molecule has 0 saturated carbocycles. The maximum Gasteiger partial charge on any atom is 0.258 e. The molecule has 2 amide bonds. The molecule has 0 atom stereocenters. The maximum atomic E-state index is 13.3. The molecule has 0 bridgehead atoms. The highest BCUT2D eigenvalue weighted by atomic mass is 19.1. The summed E-state index contributed by atoms with van der Waals surface area (Å²) in [5.41, 5.74) is 2.97. The second kappa shape index (κ2) is 9.83. The van der Waals surface area contributed by atoms with Crippen LogP contribution in [-0.4, -0.2) is 17.9 Å². The highest BCUT2D eigenvalue weighted by Crippen LogP contribution is 2.21. The normalized spacial score (nSPS) is 10.7. The average Bonchev–Trinajstić information content (AvgIpc) is 2.73. The Balaban J connectivity index is 1.84. The topological polar surface area (TPSA) is 49.4 Å². The number of hydrogen-bond acceptors (Lipinski definition) is 2. The molecule has 154 valence electrons. The SMILES string of the molecule is CC(C)NC(=O)Cc1ccc(N(Cc2ccc(F)cc2)C(=O)c2ccccc2)cc1. The first kappa shape index (κ1) is 21.2. The Bertz CT molecular complexity index is 984. The van der Waals surface area contributed by atoms with Gasteiger partial charge < -0.3 is 10.2 Å². The number of rotatable bonds is 7. The summed E-state index contributed by atoms with van der Waals surface area (Å²) < 4.78 is 13.3. The zero-order valence-electron chi connectivity index (χ0n) is 17.1. The van der Waals surface area contributed by atoms with Crippen molar-refractivity contribution >= 4 is 17.5 Å². The largest absolute Gasteiger partial charge is 0.354 e. The van der Waals surface area contributed by atoms with E-state index < -0.39 is 0 Å². The number of carbonyl (C=O) groups excluding carboxylic acids is 2. The van der Waals surface area contributed by atoms with Gasteiger partial charge in [0.15, 0.2) is 0 Å². The number of nitrogens with one attached hydrogen (secondary N) is 1. The monoisotopic (exact) mass is 404 g/mol. The second-order valence-electron chi connectivity index (χ2n) is 7.45. The third-order valence-corrected chi connectivity index (χ3v) is 4.58. The molecule has 0 aromatic heterocycles. The van der Waals surface area contributed by atoms with Crippen LogP contribution in [0.3, 0.4) is 0 Å². The summed E-state index contributed by atoms with van der Waals surface area (Å²) in [6.45, 7) is 4.15. The molecule has 3 aromatic carbocycles. The van der Waals surface area contributed by atoms with Crippen LogP contribution < -0.4 is 10.2 Å². The van der Waals surface area contributed by atoms with Crippen molar-refractivity contribution in [3.05, 3.63) is 101 Å². The van der Waals surface area contributed by atoms with Crippen molar-refractivity contribution in [2.24, 2.45) is 0 Å². The minimum Gasteiger partial charge on any atom is -0.354 e. The molecule has 0 aliphatic rings. The summed E-state index contributed by atoms with van der Waals surface area (Å²) in [6.07, 6.45) is 0.281. The predicted octanol–water partition coefficient (Wildman–Crippen LogP) is 4.74. The van der Waals surface area contributed by atoms with Gasteiger partial charge in [-0.2, -0.15) is 0 Å². The lowest BCUT2D eigenvalue weighted by atomic mass is 10.1. The van der Waals surface area contributed by atoms with Crippen molar-refractivity contribution in [2.45, 2.75) is 32.9 Å². The fourth-order valence-electron chi connectivity index (χ4n) is 3.14. The highest BCUT2D eigenvalue weighted by Gasteiger charge is 2.18. The molecule has 0 unspecified atom stereocenters. The molecular formula is C25H25FN2O2. The summed E-state index contributed by atoms with van der Waals surface area (Å²) in [6, 6.07) is 22.6. The van der Waals surface area contributed by atoms with Crippen LogP contribution in [0.2, 0.25) is 0 Å². The van der Waals surface area contributed by atoms with Crippen molar-refractivity contribution in [3.63, 3.8) is 0 Å². The Labute approximate surface area is 176 Å².